The number of fused-ring (bicyclic) bond motifs is 1. The quantitative estimate of drug-likeness (QED) is 0.405. The molecule has 0 atom stereocenters. The molecule has 2 aromatic heterocycles. The van der Waals surface area contributed by atoms with E-state index in [2.05, 4.69) is 39.9 Å². The average molecular weight is 478 g/mol. The first kappa shape index (κ1) is 22.7. The van der Waals surface area contributed by atoms with Crippen LogP contribution >= 0.6 is 0 Å². The maximum Gasteiger partial charge on any atom is 0.254 e. The van der Waals surface area contributed by atoms with Gasteiger partial charge in [-0.15, -0.1) is 0 Å². The van der Waals surface area contributed by atoms with Gasteiger partial charge in [0.2, 0.25) is 0 Å². The first-order valence-electron chi connectivity index (χ1n) is 12.7. The number of piperazine rings is 1. The van der Waals surface area contributed by atoms with Gasteiger partial charge in [-0.05, 0) is 43.5 Å². The lowest BCUT2D eigenvalue weighted by Crippen LogP contribution is -2.47. The van der Waals surface area contributed by atoms with E-state index in [1.165, 1.54) is 0 Å². The average Bonchev–Trinajstić information content (AvgIpc) is 3.22. The van der Waals surface area contributed by atoms with E-state index >= 15 is 0 Å². The second-order valence-electron chi connectivity index (χ2n) is 10.2. The van der Waals surface area contributed by atoms with Gasteiger partial charge in [-0.2, -0.15) is 5.10 Å². The standard InChI is InChI=1S/C29H31N7/c1-31-28-27(23-9-8-22-10-11-25(32-26(22)18-23)21-6-4-3-5-7-21)33-36(29(28)30)24-16-20(17-24)19-35-14-12-34(2)13-15-35/h3-11,18,20,24H,12-17,19,30H2,2H3. The molecule has 1 saturated heterocycles. The molecule has 4 aromatic rings. The molecule has 0 amide bonds. The molecular formula is C29H31N7. The minimum absolute atomic E-state index is 0.264. The summed E-state index contributed by atoms with van der Waals surface area (Å²) < 4.78 is 1.90. The number of nitrogens with zero attached hydrogens (tertiary/aromatic N) is 6. The molecule has 3 heterocycles. The highest BCUT2D eigenvalue weighted by atomic mass is 15.4. The first-order valence-corrected chi connectivity index (χ1v) is 12.7. The molecule has 2 N–H and O–H groups in total. The van der Waals surface area contributed by atoms with Crippen molar-refractivity contribution in [2.45, 2.75) is 18.9 Å². The summed E-state index contributed by atoms with van der Waals surface area (Å²) in [4.78, 5) is 13.6. The molecule has 2 fully saturated rings. The molecule has 6 rings (SSSR count). The summed E-state index contributed by atoms with van der Waals surface area (Å²) in [6.45, 7) is 13.5. The number of aromatic nitrogens is 3. The summed E-state index contributed by atoms with van der Waals surface area (Å²) in [5, 5.41) is 5.94. The van der Waals surface area contributed by atoms with Gasteiger partial charge in [0.25, 0.3) is 5.69 Å². The molecule has 36 heavy (non-hydrogen) atoms. The van der Waals surface area contributed by atoms with Crippen molar-refractivity contribution in [1.29, 1.82) is 0 Å². The van der Waals surface area contributed by atoms with Crippen LogP contribution in [0.3, 0.4) is 0 Å². The summed E-state index contributed by atoms with van der Waals surface area (Å²) in [7, 11) is 2.19. The van der Waals surface area contributed by atoms with Crippen molar-refractivity contribution in [2.24, 2.45) is 5.92 Å². The summed E-state index contributed by atoms with van der Waals surface area (Å²) >= 11 is 0. The first-order chi connectivity index (χ1) is 17.6. The van der Waals surface area contributed by atoms with Crippen molar-refractivity contribution in [3.8, 4) is 22.5 Å². The van der Waals surface area contributed by atoms with Crippen molar-refractivity contribution < 1.29 is 0 Å². The zero-order chi connectivity index (χ0) is 24.6. The van der Waals surface area contributed by atoms with Crippen LogP contribution in [-0.4, -0.2) is 64.3 Å². The predicted molar refractivity (Wildman–Crippen MR) is 145 cm³/mol. The van der Waals surface area contributed by atoms with Crippen LogP contribution < -0.4 is 5.73 Å². The van der Waals surface area contributed by atoms with Gasteiger partial charge in [0.1, 0.15) is 11.5 Å². The third-order valence-corrected chi connectivity index (χ3v) is 7.74. The lowest BCUT2D eigenvalue weighted by molar-refractivity contribution is 0.0880. The second kappa shape index (κ2) is 9.38. The number of hydrogen-bond acceptors (Lipinski definition) is 5. The Kier molecular flexibility index (Phi) is 5.92. The molecule has 0 spiro atoms. The third-order valence-electron chi connectivity index (χ3n) is 7.74. The molecule has 182 valence electrons. The van der Waals surface area contributed by atoms with Crippen LogP contribution in [0.1, 0.15) is 18.9 Å². The molecule has 0 unspecified atom stereocenters. The Morgan fingerprint density at radius 2 is 1.72 bits per heavy atom. The van der Waals surface area contributed by atoms with Crippen LogP contribution in [0.5, 0.6) is 0 Å². The minimum Gasteiger partial charge on any atom is -0.393 e. The fourth-order valence-corrected chi connectivity index (χ4v) is 5.50. The monoisotopic (exact) mass is 477 g/mol. The number of nitrogens with two attached hydrogens (primary N) is 1. The fraction of sp³-hybridized carbons (Fsp3) is 0.345. The van der Waals surface area contributed by atoms with Crippen molar-refractivity contribution in [1.82, 2.24) is 24.6 Å². The lowest BCUT2D eigenvalue weighted by atomic mass is 9.80. The Labute approximate surface area is 212 Å². The zero-order valence-corrected chi connectivity index (χ0v) is 20.6. The number of hydrogen-bond donors (Lipinski definition) is 1. The maximum absolute atomic E-state index is 7.80. The minimum atomic E-state index is 0.264. The Bertz CT molecular complexity index is 1420. The van der Waals surface area contributed by atoms with Crippen molar-refractivity contribution in [2.75, 3.05) is 45.5 Å². The molecule has 1 aliphatic carbocycles. The van der Waals surface area contributed by atoms with E-state index in [9.17, 15) is 0 Å². The third kappa shape index (κ3) is 4.23. The molecular weight excluding hydrogens is 446 g/mol. The largest absolute Gasteiger partial charge is 0.393 e. The van der Waals surface area contributed by atoms with Gasteiger partial charge in [0, 0.05) is 43.7 Å². The number of rotatable bonds is 5. The van der Waals surface area contributed by atoms with Gasteiger partial charge >= 0.3 is 0 Å². The molecule has 1 aliphatic heterocycles. The molecule has 1 saturated carbocycles. The predicted octanol–water partition coefficient (Wildman–Crippen LogP) is 5.10. The number of pyridine rings is 1. The molecule has 0 bridgehead atoms. The van der Waals surface area contributed by atoms with E-state index in [-0.39, 0.29) is 6.04 Å². The highest BCUT2D eigenvalue weighted by molar-refractivity contribution is 5.90. The summed E-state index contributed by atoms with van der Waals surface area (Å²) in [5.74, 6) is 1.15. The molecule has 7 nitrogen and oxygen atoms in total. The Morgan fingerprint density at radius 3 is 2.47 bits per heavy atom. The van der Waals surface area contributed by atoms with Crippen molar-refractivity contribution >= 4 is 22.4 Å². The van der Waals surface area contributed by atoms with Crippen molar-refractivity contribution in [3.05, 3.63) is 72.1 Å². The van der Waals surface area contributed by atoms with E-state index in [1.807, 2.05) is 47.1 Å². The molecule has 7 heteroatoms. The molecule has 2 aromatic carbocycles. The Hall–Kier alpha value is -3.73. The summed E-state index contributed by atoms with van der Waals surface area (Å²) in [6, 6.07) is 20.7. The van der Waals surface area contributed by atoms with Gasteiger partial charge in [-0.3, -0.25) is 4.68 Å². The maximum atomic E-state index is 7.80. The summed E-state index contributed by atoms with van der Waals surface area (Å²) in [6.07, 6.45) is 2.13. The molecule has 0 radical (unpaired) electrons. The van der Waals surface area contributed by atoms with Gasteiger partial charge in [-0.1, -0.05) is 48.5 Å². The SMILES string of the molecule is [C-]#[N+]c1c(-c2ccc3ccc(-c4ccccc4)nc3c2)nn(C2CC(CN3CCN(C)CC3)C2)c1N. The Morgan fingerprint density at radius 1 is 0.972 bits per heavy atom. The normalized spacial score (nSPS) is 20.8. The van der Waals surface area contributed by atoms with Crippen LogP contribution in [-0.2, 0) is 0 Å². The lowest BCUT2D eigenvalue weighted by Gasteiger charge is -2.41. The van der Waals surface area contributed by atoms with Crippen LogP contribution in [0.25, 0.3) is 38.3 Å². The van der Waals surface area contributed by atoms with Crippen LogP contribution in [0.2, 0.25) is 0 Å². The summed E-state index contributed by atoms with van der Waals surface area (Å²) in [5.41, 5.74) is 11.3. The van der Waals surface area contributed by atoms with Crippen LogP contribution in [0.4, 0.5) is 11.5 Å². The van der Waals surface area contributed by atoms with Crippen LogP contribution in [0.15, 0.2) is 60.7 Å². The van der Waals surface area contributed by atoms with Crippen LogP contribution in [0, 0.1) is 12.5 Å². The molecule has 2 aliphatic rings. The second-order valence-corrected chi connectivity index (χ2v) is 10.2. The van der Waals surface area contributed by atoms with E-state index < -0.39 is 0 Å². The van der Waals surface area contributed by atoms with Gasteiger partial charge in [0.15, 0.2) is 0 Å². The smallest absolute Gasteiger partial charge is 0.254 e. The topological polar surface area (TPSA) is 67.6 Å². The number of anilines is 1. The number of nitrogen functional groups attached to an aromatic ring is 1. The number of likely N-dealkylation sites (N-methyl/N-ethyl adjacent to an activating group) is 1. The van der Waals surface area contributed by atoms with Crippen molar-refractivity contribution in [3.63, 3.8) is 0 Å². The van der Waals surface area contributed by atoms with Gasteiger partial charge in [-0.25, -0.2) is 9.83 Å². The Balaban J connectivity index is 1.24. The van der Waals surface area contributed by atoms with E-state index in [0.717, 1.165) is 73.3 Å². The highest BCUT2D eigenvalue weighted by Crippen LogP contribution is 2.44. The fourth-order valence-electron chi connectivity index (χ4n) is 5.50. The highest BCUT2D eigenvalue weighted by Gasteiger charge is 2.35. The number of benzene rings is 2. The van der Waals surface area contributed by atoms with Gasteiger partial charge < -0.3 is 15.5 Å². The van der Waals surface area contributed by atoms with E-state index in [1.54, 1.807) is 0 Å². The van der Waals surface area contributed by atoms with Gasteiger partial charge in [0.05, 0.1) is 23.8 Å². The van der Waals surface area contributed by atoms with E-state index in [0.29, 0.717) is 23.1 Å². The van der Waals surface area contributed by atoms with E-state index in [4.69, 9.17) is 22.4 Å². The zero-order valence-electron chi connectivity index (χ0n) is 20.6.